The Balaban J connectivity index is 1.93. The molecule has 1 aliphatic heterocycles. The Morgan fingerprint density at radius 3 is 2.33 bits per heavy atom. The first kappa shape index (κ1) is 18.2. The van der Waals surface area contributed by atoms with Crippen molar-refractivity contribution in [1.29, 1.82) is 0 Å². The summed E-state index contributed by atoms with van der Waals surface area (Å²) in [5.41, 5.74) is 0.0558. The van der Waals surface area contributed by atoms with Crippen LogP contribution >= 0.6 is 0 Å². The van der Waals surface area contributed by atoms with Gasteiger partial charge >= 0.3 is 0 Å². The number of rotatable bonds is 5. The van der Waals surface area contributed by atoms with Crippen LogP contribution in [0.3, 0.4) is 0 Å². The standard InChI is InChI=1S/C17H22F2N2O3/c1-3-4-15(22)21-7-5-11(6-8-21)17(23)20-12-9-13(18)16(24-2)14(19)10-12/h9-11H,3-8H2,1-2H3,(H,20,23). The third kappa shape index (κ3) is 4.21. The van der Waals surface area contributed by atoms with Crippen molar-refractivity contribution >= 4 is 17.5 Å². The van der Waals surface area contributed by atoms with Crippen LogP contribution in [0, 0.1) is 17.6 Å². The molecule has 1 fully saturated rings. The van der Waals surface area contributed by atoms with Gasteiger partial charge in [-0.1, -0.05) is 6.92 Å². The smallest absolute Gasteiger partial charge is 0.227 e. The highest BCUT2D eigenvalue weighted by molar-refractivity contribution is 5.92. The highest BCUT2D eigenvalue weighted by Crippen LogP contribution is 2.26. The summed E-state index contributed by atoms with van der Waals surface area (Å²) in [6.45, 7) is 3.01. The third-order valence-corrected chi connectivity index (χ3v) is 4.15. The van der Waals surface area contributed by atoms with Crippen molar-refractivity contribution in [3.63, 3.8) is 0 Å². The summed E-state index contributed by atoms with van der Waals surface area (Å²) in [6.07, 6.45) is 2.40. The van der Waals surface area contributed by atoms with E-state index >= 15 is 0 Å². The number of benzene rings is 1. The Hall–Kier alpha value is -2.18. The highest BCUT2D eigenvalue weighted by Gasteiger charge is 2.27. The fourth-order valence-corrected chi connectivity index (χ4v) is 2.83. The maximum absolute atomic E-state index is 13.7. The molecule has 1 aromatic rings. The van der Waals surface area contributed by atoms with Crippen molar-refractivity contribution in [2.45, 2.75) is 32.6 Å². The van der Waals surface area contributed by atoms with Crippen LogP contribution in [0.5, 0.6) is 5.75 Å². The molecule has 0 aliphatic carbocycles. The number of hydrogen-bond donors (Lipinski definition) is 1. The molecule has 1 N–H and O–H groups in total. The van der Waals surface area contributed by atoms with Gasteiger partial charge in [-0.25, -0.2) is 8.78 Å². The van der Waals surface area contributed by atoms with E-state index < -0.39 is 17.4 Å². The monoisotopic (exact) mass is 340 g/mol. The molecule has 0 bridgehead atoms. The first-order valence-electron chi connectivity index (χ1n) is 8.08. The molecule has 7 heteroatoms. The number of amides is 2. The van der Waals surface area contributed by atoms with Crippen LogP contribution in [0.25, 0.3) is 0 Å². The summed E-state index contributed by atoms with van der Waals surface area (Å²) in [4.78, 5) is 25.9. The van der Waals surface area contributed by atoms with Crippen LogP contribution in [0.1, 0.15) is 32.6 Å². The summed E-state index contributed by atoms with van der Waals surface area (Å²) >= 11 is 0. The first-order chi connectivity index (χ1) is 11.5. The predicted octanol–water partition coefficient (Wildman–Crippen LogP) is 2.95. The lowest BCUT2D eigenvalue weighted by Gasteiger charge is -2.31. The molecule has 132 valence electrons. The molecular formula is C17H22F2N2O3. The molecule has 0 unspecified atom stereocenters. The number of carbonyl (C=O) groups is 2. The Bertz CT molecular complexity index is 591. The first-order valence-corrected chi connectivity index (χ1v) is 8.08. The van der Waals surface area contributed by atoms with Crippen molar-refractivity contribution < 1.29 is 23.1 Å². The van der Waals surface area contributed by atoms with Crippen LogP contribution in [0.4, 0.5) is 14.5 Å². The number of anilines is 1. The minimum absolute atomic E-state index is 0.0558. The molecule has 0 radical (unpaired) electrons. The number of hydrogen-bond acceptors (Lipinski definition) is 3. The molecule has 0 atom stereocenters. The van der Waals surface area contributed by atoms with Crippen molar-refractivity contribution in [3.05, 3.63) is 23.8 Å². The van der Waals surface area contributed by atoms with E-state index in [2.05, 4.69) is 10.1 Å². The second-order valence-corrected chi connectivity index (χ2v) is 5.87. The van der Waals surface area contributed by atoms with Crippen molar-refractivity contribution in [1.82, 2.24) is 4.90 Å². The van der Waals surface area contributed by atoms with Gasteiger partial charge in [-0.3, -0.25) is 9.59 Å². The number of carbonyl (C=O) groups excluding carboxylic acids is 2. The van der Waals surface area contributed by atoms with E-state index in [1.807, 2.05) is 6.92 Å². The molecule has 2 rings (SSSR count). The molecule has 24 heavy (non-hydrogen) atoms. The molecule has 2 amide bonds. The molecule has 1 heterocycles. The lowest BCUT2D eigenvalue weighted by atomic mass is 9.95. The number of halogens is 2. The average Bonchev–Trinajstić information content (AvgIpc) is 2.55. The zero-order valence-electron chi connectivity index (χ0n) is 13.9. The Morgan fingerprint density at radius 1 is 1.25 bits per heavy atom. The molecule has 1 aliphatic rings. The molecule has 0 aromatic heterocycles. The Morgan fingerprint density at radius 2 is 1.83 bits per heavy atom. The fraction of sp³-hybridized carbons (Fsp3) is 0.529. The minimum atomic E-state index is -0.868. The number of nitrogens with one attached hydrogen (secondary N) is 1. The van der Waals surface area contributed by atoms with Crippen LogP contribution in [0.15, 0.2) is 12.1 Å². The zero-order chi connectivity index (χ0) is 17.7. The van der Waals surface area contributed by atoms with E-state index in [-0.39, 0.29) is 23.4 Å². The van der Waals surface area contributed by atoms with E-state index in [0.717, 1.165) is 18.6 Å². The van der Waals surface area contributed by atoms with Crippen LogP contribution < -0.4 is 10.1 Å². The highest BCUT2D eigenvalue weighted by atomic mass is 19.1. The Kier molecular flexibility index (Phi) is 6.11. The molecule has 5 nitrogen and oxygen atoms in total. The normalized spacial score (nSPS) is 15.2. The quantitative estimate of drug-likeness (QED) is 0.896. The summed E-state index contributed by atoms with van der Waals surface area (Å²) in [7, 11) is 1.17. The van der Waals surface area contributed by atoms with Gasteiger partial charge in [0.15, 0.2) is 17.4 Å². The fourth-order valence-electron chi connectivity index (χ4n) is 2.83. The number of ether oxygens (including phenoxy) is 1. The largest absolute Gasteiger partial charge is 0.491 e. The van der Waals surface area contributed by atoms with Gasteiger partial charge in [0.05, 0.1) is 7.11 Å². The van der Waals surface area contributed by atoms with E-state index in [1.54, 1.807) is 4.90 Å². The van der Waals surface area contributed by atoms with Gasteiger partial charge in [-0.2, -0.15) is 0 Å². The summed E-state index contributed by atoms with van der Waals surface area (Å²) in [6, 6.07) is 2.05. The van der Waals surface area contributed by atoms with Gasteiger partial charge in [0.2, 0.25) is 11.8 Å². The van der Waals surface area contributed by atoms with Crippen LogP contribution in [0.2, 0.25) is 0 Å². The van der Waals surface area contributed by atoms with Gasteiger partial charge in [0.1, 0.15) is 0 Å². The van der Waals surface area contributed by atoms with Gasteiger partial charge in [0.25, 0.3) is 0 Å². The summed E-state index contributed by atoms with van der Waals surface area (Å²) in [5.74, 6) is -2.67. The molecule has 1 aromatic carbocycles. The van der Waals surface area contributed by atoms with Gasteiger partial charge < -0.3 is 15.0 Å². The average molecular weight is 340 g/mol. The Labute approximate surface area is 140 Å². The van der Waals surface area contributed by atoms with Crippen molar-refractivity contribution in [2.75, 3.05) is 25.5 Å². The van der Waals surface area contributed by atoms with Crippen LogP contribution in [-0.2, 0) is 9.59 Å². The topological polar surface area (TPSA) is 58.6 Å². The second kappa shape index (κ2) is 8.08. The lowest BCUT2D eigenvalue weighted by molar-refractivity contribution is -0.134. The van der Waals surface area contributed by atoms with Gasteiger partial charge in [-0.05, 0) is 19.3 Å². The summed E-state index contributed by atoms with van der Waals surface area (Å²) < 4.78 is 31.9. The van der Waals surface area contributed by atoms with Gasteiger partial charge in [0, 0.05) is 43.2 Å². The molecule has 1 saturated heterocycles. The summed E-state index contributed by atoms with van der Waals surface area (Å²) in [5, 5.41) is 2.54. The molecule has 0 spiro atoms. The van der Waals surface area contributed by atoms with Crippen molar-refractivity contribution in [3.8, 4) is 5.75 Å². The van der Waals surface area contributed by atoms with E-state index in [0.29, 0.717) is 32.4 Å². The van der Waals surface area contributed by atoms with E-state index in [4.69, 9.17) is 0 Å². The lowest BCUT2D eigenvalue weighted by Crippen LogP contribution is -2.41. The SMILES string of the molecule is CCCC(=O)N1CCC(C(=O)Nc2cc(F)c(OC)c(F)c2)CC1. The molecule has 0 saturated carbocycles. The molecular weight excluding hydrogens is 318 g/mol. The number of nitrogens with zero attached hydrogens (tertiary/aromatic N) is 1. The zero-order valence-corrected chi connectivity index (χ0v) is 13.9. The predicted molar refractivity (Wildman–Crippen MR) is 85.8 cm³/mol. The minimum Gasteiger partial charge on any atom is -0.491 e. The second-order valence-electron chi connectivity index (χ2n) is 5.87. The third-order valence-electron chi connectivity index (χ3n) is 4.15. The van der Waals surface area contributed by atoms with E-state index in [9.17, 15) is 18.4 Å². The number of methoxy groups -OCH3 is 1. The van der Waals surface area contributed by atoms with Crippen molar-refractivity contribution in [2.24, 2.45) is 5.92 Å². The number of likely N-dealkylation sites (tertiary alicyclic amines) is 1. The number of piperidine rings is 1. The maximum Gasteiger partial charge on any atom is 0.227 e. The maximum atomic E-state index is 13.7. The van der Waals surface area contributed by atoms with Crippen LogP contribution in [-0.4, -0.2) is 36.9 Å². The van der Waals surface area contributed by atoms with E-state index in [1.165, 1.54) is 7.11 Å². The van der Waals surface area contributed by atoms with Gasteiger partial charge in [-0.15, -0.1) is 0 Å².